The average Bonchev–Trinajstić information content (AvgIpc) is 3.28. The van der Waals surface area contributed by atoms with Gasteiger partial charge < -0.3 is 9.84 Å². The Morgan fingerprint density at radius 3 is 2.92 bits per heavy atom. The number of rotatable bonds is 5. The summed E-state index contributed by atoms with van der Waals surface area (Å²) in [6, 6.07) is 1.72. The van der Waals surface area contributed by atoms with Gasteiger partial charge in [0.15, 0.2) is 5.82 Å². The minimum Gasteiger partial charge on any atom is -0.360 e. The first kappa shape index (κ1) is 17.5. The predicted molar refractivity (Wildman–Crippen MR) is 104 cm³/mol. The van der Waals surface area contributed by atoms with Crippen molar-refractivity contribution in [3.05, 3.63) is 28.6 Å². The molecule has 3 aromatic heterocycles. The Bertz CT molecular complexity index is 963. The number of thiophene rings is 1. The zero-order chi connectivity index (χ0) is 18.3. The predicted octanol–water partition coefficient (Wildman–Crippen LogP) is 4.23. The van der Waals surface area contributed by atoms with Gasteiger partial charge in [0.05, 0.1) is 5.25 Å². The van der Waals surface area contributed by atoms with Crippen LogP contribution in [0.1, 0.15) is 36.5 Å². The second-order valence-electron chi connectivity index (χ2n) is 6.81. The van der Waals surface area contributed by atoms with E-state index in [1.54, 1.807) is 30.7 Å². The van der Waals surface area contributed by atoms with Crippen LogP contribution in [0.5, 0.6) is 0 Å². The number of carbonyl (C=O) groups is 1. The lowest BCUT2D eigenvalue weighted by Crippen LogP contribution is -2.29. The van der Waals surface area contributed by atoms with Gasteiger partial charge in [0, 0.05) is 16.3 Å². The number of aryl methyl sites for hydroxylation is 3. The number of amides is 1. The molecule has 0 spiro atoms. The molecule has 1 unspecified atom stereocenters. The first-order chi connectivity index (χ1) is 12.5. The number of nitrogens with zero attached hydrogens (tertiary/aromatic N) is 3. The normalized spacial score (nSPS) is 14.8. The maximum atomic E-state index is 12.8. The summed E-state index contributed by atoms with van der Waals surface area (Å²) in [5, 5.41) is 8.48. The Balaban J connectivity index is 1.63. The highest BCUT2D eigenvalue weighted by molar-refractivity contribution is 8.00. The van der Waals surface area contributed by atoms with Crippen LogP contribution in [0.25, 0.3) is 10.2 Å². The zero-order valence-electron chi connectivity index (χ0n) is 14.9. The highest BCUT2D eigenvalue weighted by Crippen LogP contribution is 2.41. The molecule has 0 fully saturated rings. The summed E-state index contributed by atoms with van der Waals surface area (Å²) in [4.78, 5) is 24.2. The lowest BCUT2D eigenvalue weighted by atomic mass is 10.1. The van der Waals surface area contributed by atoms with E-state index in [9.17, 15) is 4.79 Å². The van der Waals surface area contributed by atoms with Gasteiger partial charge in [0.25, 0.3) is 0 Å². The van der Waals surface area contributed by atoms with Gasteiger partial charge in [-0.15, -0.1) is 11.3 Å². The second kappa shape index (κ2) is 7.00. The minimum absolute atomic E-state index is 0.0862. The lowest BCUT2D eigenvalue weighted by Gasteiger charge is -2.19. The third-order valence-electron chi connectivity index (χ3n) is 4.45. The number of carbonyl (C=O) groups excluding carboxylic acids is 1. The van der Waals surface area contributed by atoms with Crippen LogP contribution in [0.3, 0.4) is 0 Å². The van der Waals surface area contributed by atoms with E-state index < -0.39 is 0 Å². The molecule has 1 N–H and O–H groups in total. The fraction of sp³-hybridized carbons (Fsp3) is 0.444. The SMILES string of the molecule is Cc1cc(NC(=O)C(Sc2ncnc3sc4c(c23)CCC4)C(C)C)no1. The molecule has 1 atom stereocenters. The van der Waals surface area contributed by atoms with Crippen molar-refractivity contribution in [2.45, 2.75) is 50.3 Å². The van der Waals surface area contributed by atoms with Crippen LogP contribution in [0.4, 0.5) is 5.82 Å². The van der Waals surface area contributed by atoms with Gasteiger partial charge in [-0.05, 0) is 37.7 Å². The maximum Gasteiger partial charge on any atom is 0.239 e. The molecule has 4 rings (SSSR count). The van der Waals surface area contributed by atoms with Crippen LogP contribution in [0.15, 0.2) is 21.9 Å². The number of hydrogen-bond donors (Lipinski definition) is 1. The van der Waals surface area contributed by atoms with E-state index in [1.807, 2.05) is 13.8 Å². The average molecular weight is 389 g/mol. The smallest absolute Gasteiger partial charge is 0.239 e. The number of fused-ring (bicyclic) bond motifs is 3. The Hall–Kier alpha value is -1.93. The zero-order valence-corrected chi connectivity index (χ0v) is 16.5. The van der Waals surface area contributed by atoms with E-state index in [1.165, 1.54) is 28.6 Å². The van der Waals surface area contributed by atoms with Crippen LogP contribution in [-0.4, -0.2) is 26.3 Å². The van der Waals surface area contributed by atoms with Crippen molar-refractivity contribution in [1.82, 2.24) is 15.1 Å². The summed E-state index contributed by atoms with van der Waals surface area (Å²) in [7, 11) is 0. The molecule has 8 heteroatoms. The largest absolute Gasteiger partial charge is 0.360 e. The number of thioether (sulfide) groups is 1. The summed E-state index contributed by atoms with van der Waals surface area (Å²) in [5.74, 6) is 1.17. The highest BCUT2D eigenvalue weighted by Gasteiger charge is 2.28. The number of hydrogen-bond acceptors (Lipinski definition) is 7. The summed E-state index contributed by atoms with van der Waals surface area (Å²) in [5.41, 5.74) is 1.38. The maximum absolute atomic E-state index is 12.8. The standard InChI is InChI=1S/C18H20N4O2S2/c1-9(2)15(16(23)21-13-7-10(3)24-22-13)26-18-14-11-5-4-6-12(11)25-17(14)19-8-20-18/h7-9,15H,4-6H2,1-3H3,(H,21,22,23). The molecular weight excluding hydrogens is 368 g/mol. The van der Waals surface area contributed by atoms with Gasteiger partial charge in [0.1, 0.15) is 21.9 Å². The molecule has 26 heavy (non-hydrogen) atoms. The molecular formula is C18H20N4O2S2. The van der Waals surface area contributed by atoms with Crippen molar-refractivity contribution in [2.75, 3.05) is 5.32 Å². The van der Waals surface area contributed by atoms with Gasteiger partial charge in [-0.2, -0.15) is 0 Å². The topological polar surface area (TPSA) is 80.9 Å². The van der Waals surface area contributed by atoms with E-state index in [0.29, 0.717) is 11.6 Å². The summed E-state index contributed by atoms with van der Waals surface area (Å²) >= 11 is 3.28. The molecule has 0 aromatic carbocycles. The summed E-state index contributed by atoms with van der Waals surface area (Å²) in [6.07, 6.45) is 5.00. The van der Waals surface area contributed by atoms with Crippen LogP contribution in [-0.2, 0) is 17.6 Å². The first-order valence-electron chi connectivity index (χ1n) is 8.69. The third kappa shape index (κ3) is 3.23. The molecule has 136 valence electrons. The first-order valence-corrected chi connectivity index (χ1v) is 10.4. The summed E-state index contributed by atoms with van der Waals surface area (Å²) in [6.45, 7) is 5.88. The quantitative estimate of drug-likeness (QED) is 0.520. The second-order valence-corrected chi connectivity index (χ2v) is 9.02. The third-order valence-corrected chi connectivity index (χ3v) is 7.19. The summed E-state index contributed by atoms with van der Waals surface area (Å²) < 4.78 is 5.03. The van der Waals surface area contributed by atoms with Gasteiger partial charge >= 0.3 is 0 Å². The van der Waals surface area contributed by atoms with E-state index in [4.69, 9.17) is 4.52 Å². The van der Waals surface area contributed by atoms with Crippen LogP contribution in [0.2, 0.25) is 0 Å². The van der Waals surface area contributed by atoms with Gasteiger partial charge in [-0.3, -0.25) is 4.79 Å². The van der Waals surface area contributed by atoms with Gasteiger partial charge in [-0.25, -0.2) is 9.97 Å². The minimum atomic E-state index is -0.276. The van der Waals surface area contributed by atoms with Crippen molar-refractivity contribution >= 4 is 45.0 Å². The fourth-order valence-corrected chi connectivity index (χ4v) is 5.64. The molecule has 3 aromatic rings. The Kier molecular flexibility index (Phi) is 4.71. The molecule has 0 aliphatic heterocycles. The van der Waals surface area contributed by atoms with Crippen molar-refractivity contribution in [1.29, 1.82) is 0 Å². The van der Waals surface area contributed by atoms with Crippen molar-refractivity contribution in [3.63, 3.8) is 0 Å². The van der Waals surface area contributed by atoms with Gasteiger partial charge in [0.2, 0.25) is 5.91 Å². The molecule has 3 heterocycles. The van der Waals surface area contributed by atoms with Crippen molar-refractivity contribution < 1.29 is 9.32 Å². The molecule has 0 radical (unpaired) electrons. The van der Waals surface area contributed by atoms with Crippen LogP contribution in [0, 0.1) is 12.8 Å². The number of aromatic nitrogens is 3. The van der Waals surface area contributed by atoms with E-state index >= 15 is 0 Å². The molecule has 0 saturated carbocycles. The number of nitrogens with one attached hydrogen (secondary N) is 1. The monoisotopic (exact) mass is 388 g/mol. The molecule has 0 saturated heterocycles. The molecule has 1 aliphatic rings. The Morgan fingerprint density at radius 1 is 1.35 bits per heavy atom. The highest BCUT2D eigenvalue weighted by atomic mass is 32.2. The molecule has 6 nitrogen and oxygen atoms in total. The Morgan fingerprint density at radius 2 is 2.19 bits per heavy atom. The van der Waals surface area contributed by atoms with Gasteiger partial charge in [-0.1, -0.05) is 30.8 Å². The number of anilines is 1. The van der Waals surface area contributed by atoms with E-state index in [2.05, 4.69) is 20.4 Å². The van der Waals surface area contributed by atoms with Crippen LogP contribution < -0.4 is 5.32 Å². The molecule has 1 amide bonds. The van der Waals surface area contributed by atoms with E-state index in [-0.39, 0.29) is 17.1 Å². The lowest BCUT2D eigenvalue weighted by molar-refractivity contribution is -0.116. The van der Waals surface area contributed by atoms with Crippen molar-refractivity contribution in [3.8, 4) is 0 Å². The van der Waals surface area contributed by atoms with Crippen molar-refractivity contribution in [2.24, 2.45) is 5.92 Å². The fourth-order valence-electron chi connectivity index (χ4n) is 3.22. The molecule has 0 bridgehead atoms. The molecule has 1 aliphatic carbocycles. The van der Waals surface area contributed by atoms with E-state index in [0.717, 1.165) is 28.1 Å². The van der Waals surface area contributed by atoms with Crippen LogP contribution >= 0.6 is 23.1 Å². The Labute approximate surface area is 159 Å².